The maximum atomic E-state index is 12.5. The third-order valence-electron chi connectivity index (χ3n) is 3.49. The van der Waals surface area contributed by atoms with E-state index in [1.54, 1.807) is 0 Å². The van der Waals surface area contributed by atoms with Crippen LogP contribution in [-0.2, 0) is 10.0 Å². The van der Waals surface area contributed by atoms with Crippen LogP contribution in [0.3, 0.4) is 0 Å². The molecule has 1 atom stereocenters. The number of nitrogen functional groups attached to an aromatic ring is 1. The highest BCUT2D eigenvalue weighted by Gasteiger charge is 2.30. The number of hydrogen-bond acceptors (Lipinski definition) is 4. The molecule has 0 spiro atoms. The van der Waals surface area contributed by atoms with Gasteiger partial charge in [-0.05, 0) is 24.8 Å². The Kier molecular flexibility index (Phi) is 3.87. The molecule has 100 valence electrons. The van der Waals surface area contributed by atoms with Crippen molar-refractivity contribution < 1.29 is 8.42 Å². The second-order valence-corrected chi connectivity index (χ2v) is 6.60. The molecule has 6 heteroatoms. The molecule has 0 radical (unpaired) electrons. The molecule has 1 aliphatic heterocycles. The Morgan fingerprint density at radius 2 is 2.33 bits per heavy atom. The molecule has 0 aliphatic carbocycles. The Morgan fingerprint density at radius 3 is 3.00 bits per heavy atom. The number of nitrogens with two attached hydrogens (primary N) is 1. The maximum Gasteiger partial charge on any atom is 0.246 e. The van der Waals surface area contributed by atoms with E-state index in [2.05, 4.69) is 11.9 Å². The van der Waals surface area contributed by atoms with Crippen LogP contribution >= 0.6 is 0 Å². The van der Waals surface area contributed by atoms with Crippen LogP contribution in [0.2, 0.25) is 0 Å². The van der Waals surface area contributed by atoms with E-state index in [-0.39, 0.29) is 10.6 Å². The van der Waals surface area contributed by atoms with Crippen molar-refractivity contribution in [3.8, 4) is 0 Å². The highest BCUT2D eigenvalue weighted by Crippen LogP contribution is 2.27. The smallest absolute Gasteiger partial charge is 0.246 e. The molecule has 1 unspecified atom stereocenters. The van der Waals surface area contributed by atoms with Crippen molar-refractivity contribution in [1.29, 1.82) is 0 Å². The highest BCUT2D eigenvalue weighted by atomic mass is 32.2. The first-order valence-electron chi connectivity index (χ1n) is 6.25. The third-order valence-corrected chi connectivity index (χ3v) is 5.40. The van der Waals surface area contributed by atoms with Gasteiger partial charge in [-0.3, -0.25) is 4.98 Å². The number of sulfonamides is 1. The minimum atomic E-state index is -3.49. The maximum absolute atomic E-state index is 12.5. The van der Waals surface area contributed by atoms with Crippen molar-refractivity contribution in [1.82, 2.24) is 9.29 Å². The van der Waals surface area contributed by atoms with E-state index >= 15 is 0 Å². The number of pyridine rings is 1. The summed E-state index contributed by atoms with van der Waals surface area (Å²) in [5.74, 6) is 0.450. The predicted octanol–water partition coefficient (Wildman–Crippen LogP) is 1.47. The molecule has 1 aromatic heterocycles. The van der Waals surface area contributed by atoms with Gasteiger partial charge in [-0.1, -0.05) is 13.3 Å². The highest BCUT2D eigenvalue weighted by molar-refractivity contribution is 7.89. The van der Waals surface area contributed by atoms with Crippen LogP contribution in [0.15, 0.2) is 23.4 Å². The summed E-state index contributed by atoms with van der Waals surface area (Å²) in [6.45, 7) is 3.26. The molecule has 1 aromatic rings. The molecule has 0 bridgehead atoms. The molecule has 1 saturated heterocycles. The van der Waals surface area contributed by atoms with Gasteiger partial charge < -0.3 is 5.73 Å². The average molecular weight is 269 g/mol. The van der Waals surface area contributed by atoms with Gasteiger partial charge in [-0.15, -0.1) is 0 Å². The molecule has 0 aromatic carbocycles. The summed E-state index contributed by atoms with van der Waals surface area (Å²) >= 11 is 0. The Balaban J connectivity index is 2.29. The van der Waals surface area contributed by atoms with Crippen molar-refractivity contribution in [2.24, 2.45) is 5.92 Å². The van der Waals surface area contributed by atoms with Crippen molar-refractivity contribution in [3.05, 3.63) is 18.5 Å². The van der Waals surface area contributed by atoms with E-state index < -0.39 is 10.0 Å². The molecule has 1 fully saturated rings. The second kappa shape index (κ2) is 5.24. The summed E-state index contributed by atoms with van der Waals surface area (Å²) in [5, 5.41) is 0. The SMILES string of the molecule is CCC1CCCN(S(=O)(=O)c2cnccc2N)C1. The van der Waals surface area contributed by atoms with Crippen LogP contribution in [0.25, 0.3) is 0 Å². The van der Waals surface area contributed by atoms with Crippen molar-refractivity contribution in [3.63, 3.8) is 0 Å². The minimum absolute atomic E-state index is 0.127. The zero-order valence-corrected chi connectivity index (χ0v) is 11.4. The minimum Gasteiger partial charge on any atom is -0.398 e. The summed E-state index contributed by atoms with van der Waals surface area (Å²) in [4.78, 5) is 3.99. The predicted molar refractivity (Wildman–Crippen MR) is 70.4 cm³/mol. The fourth-order valence-electron chi connectivity index (χ4n) is 2.32. The van der Waals surface area contributed by atoms with Gasteiger partial charge in [0.05, 0.1) is 5.69 Å². The van der Waals surface area contributed by atoms with Gasteiger partial charge in [-0.2, -0.15) is 4.31 Å². The average Bonchev–Trinajstić information content (AvgIpc) is 2.39. The number of rotatable bonds is 3. The molecule has 0 amide bonds. The summed E-state index contributed by atoms with van der Waals surface area (Å²) in [5.41, 5.74) is 6.00. The Bertz CT molecular complexity index is 516. The van der Waals surface area contributed by atoms with E-state index in [4.69, 9.17) is 5.73 Å². The van der Waals surface area contributed by atoms with Crippen LogP contribution < -0.4 is 5.73 Å². The lowest BCUT2D eigenvalue weighted by atomic mass is 9.97. The van der Waals surface area contributed by atoms with Gasteiger partial charge in [0.2, 0.25) is 10.0 Å². The first-order chi connectivity index (χ1) is 8.55. The van der Waals surface area contributed by atoms with E-state index in [1.165, 1.54) is 22.8 Å². The zero-order chi connectivity index (χ0) is 13.2. The van der Waals surface area contributed by atoms with E-state index in [9.17, 15) is 8.42 Å². The van der Waals surface area contributed by atoms with E-state index in [0.717, 1.165) is 19.3 Å². The Hall–Kier alpha value is -1.14. The molecular formula is C12H19N3O2S. The summed E-state index contributed by atoms with van der Waals surface area (Å²) in [7, 11) is -3.49. The molecule has 2 heterocycles. The van der Waals surface area contributed by atoms with Gasteiger partial charge in [0.25, 0.3) is 0 Å². The molecule has 0 saturated carbocycles. The van der Waals surface area contributed by atoms with Gasteiger partial charge in [0, 0.05) is 25.5 Å². The molecule has 5 nitrogen and oxygen atoms in total. The van der Waals surface area contributed by atoms with Gasteiger partial charge >= 0.3 is 0 Å². The van der Waals surface area contributed by atoms with E-state index in [0.29, 0.717) is 19.0 Å². The first kappa shape index (κ1) is 13.3. The van der Waals surface area contributed by atoms with Crippen LogP contribution in [-0.4, -0.2) is 30.8 Å². The number of piperidine rings is 1. The van der Waals surface area contributed by atoms with Gasteiger partial charge in [0.1, 0.15) is 4.90 Å². The van der Waals surface area contributed by atoms with Crippen LogP contribution in [0.5, 0.6) is 0 Å². The van der Waals surface area contributed by atoms with E-state index in [1.807, 2.05) is 0 Å². The van der Waals surface area contributed by atoms with Crippen molar-refractivity contribution in [2.45, 2.75) is 31.1 Å². The molecule has 2 N–H and O–H groups in total. The fraction of sp³-hybridized carbons (Fsp3) is 0.583. The topological polar surface area (TPSA) is 76.3 Å². The molecule has 1 aliphatic rings. The summed E-state index contributed by atoms with van der Waals surface area (Å²) in [6.07, 6.45) is 5.86. The lowest BCUT2D eigenvalue weighted by Crippen LogP contribution is -2.39. The summed E-state index contributed by atoms with van der Waals surface area (Å²) in [6, 6.07) is 1.52. The fourth-order valence-corrected chi connectivity index (χ4v) is 3.94. The Labute approximate surface area is 108 Å². The molecule has 18 heavy (non-hydrogen) atoms. The third kappa shape index (κ3) is 2.49. The number of anilines is 1. The van der Waals surface area contributed by atoms with Crippen LogP contribution in [0.1, 0.15) is 26.2 Å². The largest absolute Gasteiger partial charge is 0.398 e. The lowest BCUT2D eigenvalue weighted by molar-refractivity contribution is 0.261. The Morgan fingerprint density at radius 1 is 1.56 bits per heavy atom. The quantitative estimate of drug-likeness (QED) is 0.901. The monoisotopic (exact) mass is 269 g/mol. The van der Waals surface area contributed by atoms with Gasteiger partial charge in [-0.25, -0.2) is 8.42 Å². The molecular weight excluding hydrogens is 250 g/mol. The first-order valence-corrected chi connectivity index (χ1v) is 7.69. The standard InChI is InChI=1S/C12H19N3O2S/c1-2-10-4-3-7-15(9-10)18(16,17)12-8-14-6-5-11(12)13/h5-6,8,10H,2-4,7,9H2,1H3,(H2,13,14). The van der Waals surface area contributed by atoms with Gasteiger partial charge in [0.15, 0.2) is 0 Å². The number of hydrogen-bond donors (Lipinski definition) is 1. The zero-order valence-electron chi connectivity index (χ0n) is 10.5. The normalized spacial score (nSPS) is 21.9. The molecule has 2 rings (SSSR count). The van der Waals surface area contributed by atoms with Crippen molar-refractivity contribution >= 4 is 15.7 Å². The van der Waals surface area contributed by atoms with Crippen molar-refractivity contribution in [2.75, 3.05) is 18.8 Å². The lowest BCUT2D eigenvalue weighted by Gasteiger charge is -2.31. The van der Waals surface area contributed by atoms with Crippen LogP contribution in [0, 0.1) is 5.92 Å². The number of aromatic nitrogens is 1. The summed E-state index contributed by atoms with van der Waals surface area (Å²) < 4.78 is 26.5. The second-order valence-electron chi connectivity index (χ2n) is 4.69. The number of nitrogens with zero attached hydrogens (tertiary/aromatic N) is 2. The van der Waals surface area contributed by atoms with Crippen LogP contribution in [0.4, 0.5) is 5.69 Å².